The molecule has 0 bridgehead atoms. The molecule has 0 aliphatic carbocycles. The van der Waals surface area contributed by atoms with Crippen LogP contribution < -0.4 is 5.32 Å². The average Bonchev–Trinajstić information content (AvgIpc) is 2.51. The normalized spacial score (nSPS) is 12.3. The zero-order chi connectivity index (χ0) is 14.9. The summed E-state index contributed by atoms with van der Waals surface area (Å²) in [6.45, 7) is 5.46. The van der Waals surface area contributed by atoms with Crippen LogP contribution in [-0.2, 0) is 12.8 Å². The molecular formula is C19H26N2. The van der Waals surface area contributed by atoms with E-state index in [-0.39, 0.29) is 0 Å². The van der Waals surface area contributed by atoms with Gasteiger partial charge in [-0.05, 0) is 56.8 Å². The molecule has 0 aliphatic rings. The highest BCUT2D eigenvalue weighted by atomic mass is 14.9. The molecular weight excluding hydrogens is 256 g/mol. The maximum atomic E-state index is 4.42. The van der Waals surface area contributed by atoms with Crippen LogP contribution in [0.4, 0.5) is 0 Å². The minimum Gasteiger partial charge on any atom is -0.314 e. The van der Waals surface area contributed by atoms with Crippen LogP contribution in [0.2, 0.25) is 0 Å². The van der Waals surface area contributed by atoms with E-state index in [0.717, 1.165) is 25.8 Å². The summed E-state index contributed by atoms with van der Waals surface area (Å²) in [7, 11) is 0. The second kappa shape index (κ2) is 8.58. The average molecular weight is 282 g/mol. The Morgan fingerprint density at radius 1 is 1.14 bits per heavy atom. The van der Waals surface area contributed by atoms with Gasteiger partial charge in [0.15, 0.2) is 0 Å². The monoisotopic (exact) mass is 282 g/mol. The van der Waals surface area contributed by atoms with Crippen molar-refractivity contribution >= 4 is 0 Å². The molecule has 2 heteroatoms. The van der Waals surface area contributed by atoms with Crippen molar-refractivity contribution in [1.29, 1.82) is 0 Å². The van der Waals surface area contributed by atoms with Crippen LogP contribution in [0.3, 0.4) is 0 Å². The zero-order valence-electron chi connectivity index (χ0n) is 13.2. The maximum Gasteiger partial charge on any atom is 0.0404 e. The molecule has 1 atom stereocenters. The highest BCUT2D eigenvalue weighted by molar-refractivity contribution is 5.23. The van der Waals surface area contributed by atoms with Crippen molar-refractivity contribution in [2.24, 2.45) is 0 Å². The highest BCUT2D eigenvalue weighted by Gasteiger charge is 2.09. The summed E-state index contributed by atoms with van der Waals surface area (Å²) in [4.78, 5) is 4.42. The summed E-state index contributed by atoms with van der Waals surface area (Å²) in [5.41, 5.74) is 3.95. The molecule has 0 spiro atoms. The third-order valence-corrected chi connectivity index (χ3v) is 3.72. The lowest BCUT2D eigenvalue weighted by molar-refractivity contribution is 0.475. The Labute approximate surface area is 128 Å². The van der Waals surface area contributed by atoms with Gasteiger partial charge in [-0.1, -0.05) is 42.8 Å². The molecule has 1 aromatic carbocycles. The Bertz CT molecular complexity index is 522. The van der Waals surface area contributed by atoms with Gasteiger partial charge in [-0.15, -0.1) is 0 Å². The lowest BCUT2D eigenvalue weighted by Gasteiger charge is -2.19. The third-order valence-electron chi connectivity index (χ3n) is 3.72. The van der Waals surface area contributed by atoms with Crippen molar-refractivity contribution in [2.75, 3.05) is 6.54 Å². The molecule has 0 fully saturated rings. The second-order valence-corrected chi connectivity index (χ2v) is 5.70. The van der Waals surface area contributed by atoms with Crippen molar-refractivity contribution in [1.82, 2.24) is 10.3 Å². The van der Waals surface area contributed by atoms with E-state index in [2.05, 4.69) is 60.5 Å². The second-order valence-electron chi connectivity index (χ2n) is 5.70. The molecule has 1 unspecified atom stereocenters. The van der Waals surface area contributed by atoms with Gasteiger partial charge in [0.25, 0.3) is 0 Å². The predicted octanol–water partition coefficient (Wildman–Crippen LogP) is 3.93. The number of pyridine rings is 1. The third kappa shape index (κ3) is 5.68. The molecule has 1 aromatic heterocycles. The molecule has 112 valence electrons. The van der Waals surface area contributed by atoms with Gasteiger partial charge in [-0.25, -0.2) is 0 Å². The molecule has 0 saturated heterocycles. The van der Waals surface area contributed by atoms with Gasteiger partial charge < -0.3 is 5.32 Å². The summed E-state index contributed by atoms with van der Waals surface area (Å²) in [6, 6.07) is 15.5. The fourth-order valence-corrected chi connectivity index (χ4v) is 2.62. The van der Waals surface area contributed by atoms with E-state index in [4.69, 9.17) is 0 Å². The number of aryl methyl sites for hydroxylation is 2. The van der Waals surface area contributed by atoms with Gasteiger partial charge >= 0.3 is 0 Å². The van der Waals surface area contributed by atoms with Crippen molar-refractivity contribution in [3.05, 3.63) is 65.5 Å². The van der Waals surface area contributed by atoms with Crippen molar-refractivity contribution < 1.29 is 0 Å². The molecule has 0 saturated carbocycles. The first-order valence-electron chi connectivity index (χ1n) is 7.96. The lowest BCUT2D eigenvalue weighted by atomic mass is 9.99. The highest BCUT2D eigenvalue weighted by Crippen LogP contribution is 2.11. The van der Waals surface area contributed by atoms with E-state index in [1.807, 2.05) is 12.3 Å². The molecule has 0 radical (unpaired) electrons. The van der Waals surface area contributed by atoms with E-state index in [0.29, 0.717) is 6.04 Å². The Morgan fingerprint density at radius 3 is 2.76 bits per heavy atom. The number of hydrogen-bond acceptors (Lipinski definition) is 2. The zero-order valence-corrected chi connectivity index (χ0v) is 13.2. The van der Waals surface area contributed by atoms with Gasteiger partial charge in [0.05, 0.1) is 0 Å². The Morgan fingerprint density at radius 2 is 2.05 bits per heavy atom. The molecule has 2 rings (SSSR count). The maximum absolute atomic E-state index is 4.42. The van der Waals surface area contributed by atoms with E-state index < -0.39 is 0 Å². The SMILES string of the molecule is CCCNC(CCc1ccccn1)Cc1cccc(C)c1. The number of benzene rings is 1. The molecule has 1 heterocycles. The van der Waals surface area contributed by atoms with Gasteiger partial charge in [-0.2, -0.15) is 0 Å². The first-order valence-corrected chi connectivity index (χ1v) is 7.96. The quantitative estimate of drug-likeness (QED) is 0.793. The first kappa shape index (κ1) is 15.7. The van der Waals surface area contributed by atoms with Crippen molar-refractivity contribution in [3.63, 3.8) is 0 Å². The number of nitrogens with zero attached hydrogens (tertiary/aromatic N) is 1. The topological polar surface area (TPSA) is 24.9 Å². The van der Waals surface area contributed by atoms with Crippen LogP contribution >= 0.6 is 0 Å². The minimum absolute atomic E-state index is 0.522. The lowest BCUT2D eigenvalue weighted by Crippen LogP contribution is -2.32. The number of rotatable bonds is 8. The van der Waals surface area contributed by atoms with E-state index in [9.17, 15) is 0 Å². The molecule has 2 nitrogen and oxygen atoms in total. The van der Waals surface area contributed by atoms with Crippen LogP contribution in [-0.4, -0.2) is 17.6 Å². The summed E-state index contributed by atoms with van der Waals surface area (Å²) in [5, 5.41) is 3.68. The Hall–Kier alpha value is -1.67. The minimum atomic E-state index is 0.522. The van der Waals surface area contributed by atoms with Crippen LogP contribution in [0.5, 0.6) is 0 Å². The van der Waals surface area contributed by atoms with E-state index in [1.54, 1.807) is 0 Å². The van der Waals surface area contributed by atoms with E-state index in [1.165, 1.54) is 23.2 Å². The standard InChI is InChI=1S/C19H26N2/c1-3-12-20-19(11-10-18-9-4-5-13-21-18)15-17-8-6-7-16(2)14-17/h4-9,13-14,19-20H,3,10-12,15H2,1-2H3. The van der Waals surface area contributed by atoms with Gasteiger partial charge in [-0.3, -0.25) is 4.98 Å². The van der Waals surface area contributed by atoms with Gasteiger partial charge in [0.2, 0.25) is 0 Å². The summed E-state index contributed by atoms with van der Waals surface area (Å²) in [6.07, 6.45) is 6.31. The number of aromatic nitrogens is 1. The first-order chi connectivity index (χ1) is 10.3. The molecule has 21 heavy (non-hydrogen) atoms. The van der Waals surface area contributed by atoms with Crippen LogP contribution in [0.1, 0.15) is 36.6 Å². The molecule has 0 amide bonds. The van der Waals surface area contributed by atoms with Gasteiger partial charge in [0.1, 0.15) is 0 Å². The molecule has 1 N–H and O–H groups in total. The largest absolute Gasteiger partial charge is 0.314 e. The fraction of sp³-hybridized carbons (Fsp3) is 0.421. The van der Waals surface area contributed by atoms with E-state index >= 15 is 0 Å². The van der Waals surface area contributed by atoms with Crippen LogP contribution in [0.25, 0.3) is 0 Å². The molecule has 0 aliphatic heterocycles. The predicted molar refractivity (Wildman–Crippen MR) is 89.5 cm³/mol. The smallest absolute Gasteiger partial charge is 0.0404 e. The fourth-order valence-electron chi connectivity index (χ4n) is 2.62. The molecule has 2 aromatic rings. The summed E-state index contributed by atoms with van der Waals surface area (Å²) >= 11 is 0. The van der Waals surface area contributed by atoms with Crippen molar-refractivity contribution in [3.8, 4) is 0 Å². The number of nitrogens with one attached hydrogen (secondary N) is 1. The Kier molecular flexibility index (Phi) is 6.42. The summed E-state index contributed by atoms with van der Waals surface area (Å²) < 4.78 is 0. The van der Waals surface area contributed by atoms with Crippen LogP contribution in [0.15, 0.2) is 48.7 Å². The summed E-state index contributed by atoms with van der Waals surface area (Å²) in [5.74, 6) is 0. The van der Waals surface area contributed by atoms with Crippen molar-refractivity contribution in [2.45, 2.75) is 45.6 Å². The number of hydrogen-bond donors (Lipinski definition) is 1. The Balaban J connectivity index is 1.94. The van der Waals surface area contributed by atoms with Gasteiger partial charge in [0, 0.05) is 17.9 Å². The van der Waals surface area contributed by atoms with Crippen LogP contribution in [0, 0.1) is 6.92 Å².